The highest BCUT2D eigenvalue weighted by atomic mass is 35.5. The summed E-state index contributed by atoms with van der Waals surface area (Å²) in [5.41, 5.74) is 2.58. The molecule has 28 heavy (non-hydrogen) atoms. The molecule has 3 aromatic rings. The summed E-state index contributed by atoms with van der Waals surface area (Å²) in [5.74, 6) is -0.0697. The Bertz CT molecular complexity index is 1070. The predicted molar refractivity (Wildman–Crippen MR) is 110 cm³/mol. The van der Waals surface area contributed by atoms with E-state index in [1.54, 1.807) is 55.6 Å². The molecule has 1 aliphatic rings. The zero-order valence-electron chi connectivity index (χ0n) is 15.1. The number of amides is 2. The summed E-state index contributed by atoms with van der Waals surface area (Å²) in [6.07, 6.45) is 0. The van der Waals surface area contributed by atoms with Crippen molar-refractivity contribution in [3.8, 4) is 5.75 Å². The molecule has 1 heterocycles. The van der Waals surface area contributed by atoms with Crippen molar-refractivity contribution in [2.45, 2.75) is 0 Å². The van der Waals surface area contributed by atoms with Crippen LogP contribution in [0.15, 0.2) is 78.9 Å². The van der Waals surface area contributed by atoms with Crippen LogP contribution in [0.1, 0.15) is 11.1 Å². The van der Waals surface area contributed by atoms with Crippen LogP contribution in [0.3, 0.4) is 0 Å². The van der Waals surface area contributed by atoms with Crippen molar-refractivity contribution in [2.75, 3.05) is 12.0 Å². The molecular formula is C23H16ClNO3. The van der Waals surface area contributed by atoms with Gasteiger partial charge >= 0.3 is 0 Å². The van der Waals surface area contributed by atoms with Crippen LogP contribution in [0.5, 0.6) is 5.75 Å². The molecule has 1 aliphatic heterocycles. The number of carbonyl (C=O) groups excluding carboxylic acids is 2. The molecule has 0 saturated carbocycles. The average Bonchev–Trinajstić information content (AvgIpc) is 2.99. The van der Waals surface area contributed by atoms with Gasteiger partial charge in [-0.2, -0.15) is 0 Å². The van der Waals surface area contributed by atoms with Crippen LogP contribution in [-0.4, -0.2) is 18.9 Å². The number of methoxy groups -OCH3 is 1. The molecule has 0 unspecified atom stereocenters. The van der Waals surface area contributed by atoms with E-state index in [9.17, 15) is 9.59 Å². The lowest BCUT2D eigenvalue weighted by atomic mass is 9.96. The first kappa shape index (κ1) is 18.0. The van der Waals surface area contributed by atoms with Crippen molar-refractivity contribution in [2.24, 2.45) is 0 Å². The molecule has 0 fully saturated rings. The van der Waals surface area contributed by atoms with Crippen molar-refractivity contribution in [1.82, 2.24) is 0 Å². The molecule has 0 saturated heterocycles. The van der Waals surface area contributed by atoms with Gasteiger partial charge < -0.3 is 4.74 Å². The molecule has 0 bridgehead atoms. The number of anilines is 1. The normalized spacial score (nSPS) is 14.0. The molecule has 3 aromatic carbocycles. The first-order chi connectivity index (χ1) is 13.6. The SMILES string of the molecule is COc1ccc(N2C(=O)C(c3ccccc3)=C(c3ccc(Cl)cc3)C2=O)cc1. The van der Waals surface area contributed by atoms with Gasteiger partial charge in [0.1, 0.15) is 5.75 Å². The summed E-state index contributed by atoms with van der Waals surface area (Å²) in [4.78, 5) is 27.8. The highest BCUT2D eigenvalue weighted by molar-refractivity contribution is 6.57. The zero-order valence-corrected chi connectivity index (χ0v) is 15.8. The van der Waals surface area contributed by atoms with Crippen LogP contribution in [0.25, 0.3) is 11.1 Å². The van der Waals surface area contributed by atoms with E-state index in [-0.39, 0.29) is 11.8 Å². The van der Waals surface area contributed by atoms with Gasteiger partial charge in [-0.25, -0.2) is 4.90 Å². The Morgan fingerprint density at radius 1 is 0.714 bits per heavy atom. The summed E-state index contributed by atoms with van der Waals surface area (Å²) in [6, 6.07) is 23.0. The van der Waals surface area contributed by atoms with Crippen LogP contribution in [0.2, 0.25) is 5.02 Å². The van der Waals surface area contributed by atoms with Crippen molar-refractivity contribution in [3.63, 3.8) is 0 Å². The van der Waals surface area contributed by atoms with E-state index in [2.05, 4.69) is 0 Å². The Kier molecular flexibility index (Phi) is 4.72. The third-order valence-electron chi connectivity index (χ3n) is 4.61. The van der Waals surface area contributed by atoms with Crippen molar-refractivity contribution in [1.29, 1.82) is 0 Å². The fourth-order valence-corrected chi connectivity index (χ4v) is 3.38. The lowest BCUT2D eigenvalue weighted by Crippen LogP contribution is -2.31. The van der Waals surface area contributed by atoms with E-state index in [0.29, 0.717) is 38.7 Å². The Hall–Kier alpha value is -3.37. The first-order valence-electron chi connectivity index (χ1n) is 8.68. The molecule has 0 atom stereocenters. The van der Waals surface area contributed by atoms with Gasteiger partial charge in [-0.05, 0) is 47.5 Å². The number of hydrogen-bond acceptors (Lipinski definition) is 3. The smallest absolute Gasteiger partial charge is 0.266 e. The number of rotatable bonds is 4. The van der Waals surface area contributed by atoms with Gasteiger partial charge in [0.2, 0.25) is 0 Å². The zero-order chi connectivity index (χ0) is 19.7. The first-order valence-corrected chi connectivity index (χ1v) is 9.06. The van der Waals surface area contributed by atoms with Crippen LogP contribution in [-0.2, 0) is 9.59 Å². The van der Waals surface area contributed by atoms with Crippen LogP contribution in [0.4, 0.5) is 5.69 Å². The third-order valence-corrected chi connectivity index (χ3v) is 4.86. The molecule has 0 aromatic heterocycles. The average molecular weight is 390 g/mol. The molecule has 0 spiro atoms. The van der Waals surface area contributed by atoms with E-state index in [1.165, 1.54) is 4.90 Å². The number of nitrogens with zero attached hydrogens (tertiary/aromatic N) is 1. The van der Waals surface area contributed by atoms with Crippen LogP contribution in [0, 0.1) is 0 Å². The fraction of sp³-hybridized carbons (Fsp3) is 0.0435. The van der Waals surface area contributed by atoms with Gasteiger partial charge in [0.25, 0.3) is 11.8 Å². The number of halogens is 1. The van der Waals surface area contributed by atoms with Gasteiger partial charge in [0.15, 0.2) is 0 Å². The maximum atomic E-state index is 13.3. The highest BCUT2D eigenvalue weighted by Crippen LogP contribution is 2.38. The maximum absolute atomic E-state index is 13.3. The quantitative estimate of drug-likeness (QED) is 0.600. The molecule has 4 rings (SSSR count). The Labute approximate surface area is 167 Å². The third kappa shape index (κ3) is 3.08. The predicted octanol–water partition coefficient (Wildman–Crippen LogP) is 4.83. The lowest BCUT2D eigenvalue weighted by molar-refractivity contribution is -0.119. The number of hydrogen-bond donors (Lipinski definition) is 0. The Balaban J connectivity index is 1.87. The second-order valence-corrected chi connectivity index (χ2v) is 6.70. The molecule has 5 heteroatoms. The second kappa shape index (κ2) is 7.33. The maximum Gasteiger partial charge on any atom is 0.266 e. The van der Waals surface area contributed by atoms with Gasteiger partial charge in [0.05, 0.1) is 23.9 Å². The van der Waals surface area contributed by atoms with Crippen molar-refractivity contribution < 1.29 is 14.3 Å². The fourth-order valence-electron chi connectivity index (χ4n) is 3.25. The number of benzene rings is 3. The minimum atomic E-state index is -0.364. The van der Waals surface area contributed by atoms with Gasteiger partial charge in [0, 0.05) is 5.02 Å². The Morgan fingerprint density at radius 3 is 1.79 bits per heavy atom. The van der Waals surface area contributed by atoms with E-state index in [0.717, 1.165) is 0 Å². The van der Waals surface area contributed by atoms with E-state index < -0.39 is 0 Å². The largest absolute Gasteiger partial charge is 0.497 e. The molecule has 4 nitrogen and oxygen atoms in total. The monoisotopic (exact) mass is 389 g/mol. The van der Waals surface area contributed by atoms with Crippen LogP contribution >= 0.6 is 11.6 Å². The van der Waals surface area contributed by atoms with Crippen LogP contribution < -0.4 is 9.64 Å². The molecule has 138 valence electrons. The number of ether oxygens (including phenoxy) is 1. The molecule has 2 amide bonds. The van der Waals surface area contributed by atoms with Gasteiger partial charge in [-0.1, -0.05) is 54.1 Å². The second-order valence-electron chi connectivity index (χ2n) is 6.27. The minimum absolute atomic E-state index is 0.355. The molecule has 0 radical (unpaired) electrons. The standard InChI is InChI=1S/C23H16ClNO3/c1-28-19-13-11-18(12-14-19)25-22(26)20(15-5-3-2-4-6-15)21(23(25)27)16-7-9-17(24)10-8-16/h2-14H,1H3. The van der Waals surface area contributed by atoms with E-state index >= 15 is 0 Å². The lowest BCUT2D eigenvalue weighted by Gasteiger charge is -2.15. The van der Waals surface area contributed by atoms with Gasteiger partial charge in [-0.3, -0.25) is 9.59 Å². The van der Waals surface area contributed by atoms with Crippen molar-refractivity contribution in [3.05, 3.63) is 95.0 Å². The minimum Gasteiger partial charge on any atom is -0.497 e. The summed E-state index contributed by atoms with van der Waals surface area (Å²) in [6.45, 7) is 0. The number of carbonyl (C=O) groups is 2. The summed E-state index contributed by atoms with van der Waals surface area (Å²) < 4.78 is 5.17. The highest BCUT2D eigenvalue weighted by Gasteiger charge is 2.40. The van der Waals surface area contributed by atoms with Gasteiger partial charge in [-0.15, -0.1) is 0 Å². The van der Waals surface area contributed by atoms with E-state index in [1.807, 2.05) is 30.3 Å². The topological polar surface area (TPSA) is 46.6 Å². The van der Waals surface area contributed by atoms with Crippen molar-refractivity contribution >= 4 is 40.2 Å². The molecular weight excluding hydrogens is 374 g/mol. The molecule has 0 aliphatic carbocycles. The summed E-state index contributed by atoms with van der Waals surface area (Å²) in [7, 11) is 1.56. The Morgan fingerprint density at radius 2 is 1.25 bits per heavy atom. The summed E-state index contributed by atoms with van der Waals surface area (Å²) in [5, 5.41) is 0.564. The number of imide groups is 1. The van der Waals surface area contributed by atoms with E-state index in [4.69, 9.17) is 16.3 Å². The molecule has 0 N–H and O–H groups in total. The summed E-state index contributed by atoms with van der Waals surface area (Å²) >= 11 is 6.00.